The molecule has 132 valence electrons. The molecule has 1 amide bonds. The highest BCUT2D eigenvalue weighted by atomic mass is 16.5. The van der Waals surface area contributed by atoms with Gasteiger partial charge in [-0.15, -0.1) is 6.58 Å². The van der Waals surface area contributed by atoms with Crippen LogP contribution in [0.25, 0.3) is 0 Å². The van der Waals surface area contributed by atoms with Crippen LogP contribution in [0.5, 0.6) is 11.5 Å². The lowest BCUT2D eigenvalue weighted by Crippen LogP contribution is -2.36. The van der Waals surface area contributed by atoms with E-state index in [2.05, 4.69) is 6.58 Å². The minimum Gasteiger partial charge on any atom is -0.493 e. The van der Waals surface area contributed by atoms with Gasteiger partial charge in [-0.2, -0.15) is 0 Å². The topological polar surface area (TPSA) is 38.8 Å². The zero-order valence-electron chi connectivity index (χ0n) is 15.1. The summed E-state index contributed by atoms with van der Waals surface area (Å²) in [5.41, 5.74) is 1.57. The van der Waals surface area contributed by atoms with E-state index in [9.17, 15) is 4.79 Å². The SMILES string of the molecule is C=CCc1cc(C(=O)N(C)C2CCCCCC2)cc(OC)c1OC. The summed E-state index contributed by atoms with van der Waals surface area (Å²) in [6, 6.07) is 4.01. The van der Waals surface area contributed by atoms with Crippen molar-refractivity contribution in [2.45, 2.75) is 51.0 Å². The average Bonchev–Trinajstić information content (AvgIpc) is 2.89. The van der Waals surface area contributed by atoms with Crippen LogP contribution in [0.1, 0.15) is 54.4 Å². The Morgan fingerprint density at radius 1 is 1.21 bits per heavy atom. The van der Waals surface area contributed by atoms with Crippen molar-refractivity contribution in [3.8, 4) is 11.5 Å². The molecule has 1 fully saturated rings. The Morgan fingerprint density at radius 3 is 2.42 bits per heavy atom. The molecular formula is C20H29NO3. The number of benzene rings is 1. The van der Waals surface area contributed by atoms with Crippen LogP contribution in [0.2, 0.25) is 0 Å². The van der Waals surface area contributed by atoms with Crippen LogP contribution in [0.15, 0.2) is 24.8 Å². The molecule has 24 heavy (non-hydrogen) atoms. The Balaban J connectivity index is 2.30. The maximum atomic E-state index is 13.0. The van der Waals surface area contributed by atoms with Crippen molar-refractivity contribution in [2.75, 3.05) is 21.3 Å². The zero-order valence-corrected chi connectivity index (χ0v) is 15.1. The van der Waals surface area contributed by atoms with E-state index in [1.807, 2.05) is 18.0 Å². The van der Waals surface area contributed by atoms with Crippen LogP contribution in [0, 0.1) is 0 Å². The number of ether oxygens (including phenoxy) is 2. The molecule has 4 nitrogen and oxygen atoms in total. The van der Waals surface area contributed by atoms with Gasteiger partial charge in [-0.25, -0.2) is 0 Å². The second kappa shape index (κ2) is 8.76. The van der Waals surface area contributed by atoms with E-state index < -0.39 is 0 Å². The number of hydrogen-bond donors (Lipinski definition) is 0. The predicted molar refractivity (Wildman–Crippen MR) is 97.0 cm³/mol. The maximum absolute atomic E-state index is 13.0. The molecule has 0 aromatic heterocycles. The number of hydrogen-bond acceptors (Lipinski definition) is 3. The van der Waals surface area contributed by atoms with Crippen molar-refractivity contribution in [3.63, 3.8) is 0 Å². The summed E-state index contributed by atoms with van der Waals surface area (Å²) in [7, 11) is 5.13. The molecule has 1 aromatic carbocycles. The number of methoxy groups -OCH3 is 2. The third kappa shape index (κ3) is 4.11. The standard InChI is InChI=1S/C20H29NO3/c1-5-10-15-13-16(14-18(23-3)19(15)24-4)20(22)21(2)17-11-8-6-7-9-12-17/h5,13-14,17H,1,6-12H2,2-4H3. The van der Waals surface area contributed by atoms with E-state index in [1.165, 1.54) is 25.7 Å². The quantitative estimate of drug-likeness (QED) is 0.578. The molecule has 0 unspecified atom stereocenters. The normalized spacial score (nSPS) is 15.5. The molecular weight excluding hydrogens is 302 g/mol. The van der Waals surface area contributed by atoms with Crippen molar-refractivity contribution < 1.29 is 14.3 Å². The fraction of sp³-hybridized carbons (Fsp3) is 0.550. The largest absolute Gasteiger partial charge is 0.493 e. The summed E-state index contributed by atoms with van der Waals surface area (Å²) in [6.45, 7) is 3.79. The fourth-order valence-electron chi connectivity index (χ4n) is 3.49. The van der Waals surface area contributed by atoms with Gasteiger partial charge in [-0.05, 0) is 31.4 Å². The van der Waals surface area contributed by atoms with E-state index in [4.69, 9.17) is 9.47 Å². The summed E-state index contributed by atoms with van der Waals surface area (Å²) < 4.78 is 10.9. The van der Waals surface area contributed by atoms with Gasteiger partial charge in [0.25, 0.3) is 5.91 Å². The highest BCUT2D eigenvalue weighted by Crippen LogP contribution is 2.34. The molecule has 1 aliphatic carbocycles. The van der Waals surface area contributed by atoms with Crippen molar-refractivity contribution in [1.82, 2.24) is 4.90 Å². The first-order chi connectivity index (χ1) is 11.6. The van der Waals surface area contributed by atoms with Crippen molar-refractivity contribution >= 4 is 5.91 Å². The first-order valence-corrected chi connectivity index (χ1v) is 8.75. The predicted octanol–water partition coefficient (Wildman–Crippen LogP) is 4.23. The second-order valence-corrected chi connectivity index (χ2v) is 6.43. The van der Waals surface area contributed by atoms with Crippen molar-refractivity contribution in [3.05, 3.63) is 35.9 Å². The summed E-state index contributed by atoms with van der Waals surface area (Å²) in [5.74, 6) is 1.31. The van der Waals surface area contributed by atoms with Gasteiger partial charge in [0.05, 0.1) is 14.2 Å². The highest BCUT2D eigenvalue weighted by molar-refractivity contribution is 5.95. The molecule has 0 atom stereocenters. The molecule has 0 bridgehead atoms. The van der Waals surface area contributed by atoms with Crippen LogP contribution in [-0.4, -0.2) is 38.1 Å². The summed E-state index contributed by atoms with van der Waals surface area (Å²) >= 11 is 0. The van der Waals surface area contributed by atoms with Crippen LogP contribution in [0.3, 0.4) is 0 Å². The minimum absolute atomic E-state index is 0.0492. The lowest BCUT2D eigenvalue weighted by molar-refractivity contribution is 0.0717. The third-order valence-electron chi connectivity index (χ3n) is 4.86. The van der Waals surface area contributed by atoms with Crippen molar-refractivity contribution in [1.29, 1.82) is 0 Å². The summed E-state index contributed by atoms with van der Waals surface area (Å²) in [5, 5.41) is 0. The average molecular weight is 331 g/mol. The Bertz CT molecular complexity index is 574. The monoisotopic (exact) mass is 331 g/mol. The molecule has 4 heteroatoms. The number of rotatable bonds is 6. The molecule has 2 rings (SSSR count). The number of allylic oxidation sites excluding steroid dienone is 1. The van der Waals surface area contributed by atoms with E-state index in [0.717, 1.165) is 18.4 Å². The van der Waals surface area contributed by atoms with Gasteiger partial charge in [0.15, 0.2) is 11.5 Å². The third-order valence-corrected chi connectivity index (χ3v) is 4.86. The lowest BCUT2D eigenvalue weighted by atomic mass is 10.0. The van der Waals surface area contributed by atoms with Gasteiger partial charge in [-0.3, -0.25) is 4.79 Å². The molecule has 1 aromatic rings. The number of nitrogens with zero attached hydrogens (tertiary/aromatic N) is 1. The zero-order chi connectivity index (χ0) is 17.5. The van der Waals surface area contributed by atoms with Crippen LogP contribution >= 0.6 is 0 Å². The van der Waals surface area contributed by atoms with Gasteiger partial charge in [-0.1, -0.05) is 31.8 Å². The van der Waals surface area contributed by atoms with E-state index in [-0.39, 0.29) is 5.91 Å². The minimum atomic E-state index is 0.0492. The van der Waals surface area contributed by atoms with Gasteiger partial charge < -0.3 is 14.4 Å². The van der Waals surface area contributed by atoms with Crippen LogP contribution in [-0.2, 0) is 6.42 Å². The molecule has 0 spiro atoms. The second-order valence-electron chi connectivity index (χ2n) is 6.43. The molecule has 0 radical (unpaired) electrons. The van der Waals surface area contributed by atoms with Crippen LogP contribution < -0.4 is 9.47 Å². The first kappa shape index (κ1) is 18.4. The molecule has 0 aliphatic heterocycles. The number of carbonyl (C=O) groups excluding carboxylic acids is 1. The summed E-state index contributed by atoms with van der Waals surface area (Å²) in [6.07, 6.45) is 9.58. The Morgan fingerprint density at radius 2 is 1.88 bits per heavy atom. The molecule has 1 aliphatic rings. The maximum Gasteiger partial charge on any atom is 0.253 e. The lowest BCUT2D eigenvalue weighted by Gasteiger charge is -2.28. The van der Waals surface area contributed by atoms with E-state index in [1.54, 1.807) is 26.4 Å². The number of amides is 1. The smallest absolute Gasteiger partial charge is 0.253 e. The Labute approximate surface area is 145 Å². The van der Waals surface area contributed by atoms with Gasteiger partial charge in [0, 0.05) is 24.2 Å². The molecule has 0 saturated heterocycles. The highest BCUT2D eigenvalue weighted by Gasteiger charge is 2.24. The molecule has 0 heterocycles. The van der Waals surface area contributed by atoms with Crippen LogP contribution in [0.4, 0.5) is 0 Å². The molecule has 0 N–H and O–H groups in total. The fourth-order valence-corrected chi connectivity index (χ4v) is 3.49. The Hall–Kier alpha value is -1.97. The van der Waals surface area contributed by atoms with E-state index in [0.29, 0.717) is 29.5 Å². The number of carbonyl (C=O) groups is 1. The Kier molecular flexibility index (Phi) is 6.71. The molecule has 1 saturated carbocycles. The summed E-state index contributed by atoms with van der Waals surface area (Å²) in [4.78, 5) is 14.9. The van der Waals surface area contributed by atoms with Gasteiger partial charge >= 0.3 is 0 Å². The van der Waals surface area contributed by atoms with E-state index >= 15 is 0 Å². The van der Waals surface area contributed by atoms with Gasteiger partial charge in [0.1, 0.15) is 0 Å². The van der Waals surface area contributed by atoms with Gasteiger partial charge in [0.2, 0.25) is 0 Å². The first-order valence-electron chi connectivity index (χ1n) is 8.75. The van der Waals surface area contributed by atoms with Crippen molar-refractivity contribution in [2.24, 2.45) is 0 Å².